The quantitative estimate of drug-likeness (QED) is 0.866. The molecule has 2 N–H and O–H groups in total. The zero-order valence-electron chi connectivity index (χ0n) is 10.7. The van der Waals surface area contributed by atoms with Crippen LogP contribution in [0.3, 0.4) is 0 Å². The SMILES string of the molecule is CCCc1ccc(OC2CCC(N)CC2)cc1. The van der Waals surface area contributed by atoms with Crippen LogP contribution in [0.25, 0.3) is 0 Å². The minimum absolute atomic E-state index is 0.367. The van der Waals surface area contributed by atoms with Gasteiger partial charge in [0.15, 0.2) is 0 Å². The van der Waals surface area contributed by atoms with E-state index in [9.17, 15) is 0 Å². The van der Waals surface area contributed by atoms with Crippen LogP contribution in [0.1, 0.15) is 44.6 Å². The topological polar surface area (TPSA) is 35.2 Å². The summed E-state index contributed by atoms with van der Waals surface area (Å²) in [6.45, 7) is 2.20. The smallest absolute Gasteiger partial charge is 0.119 e. The molecule has 1 aliphatic carbocycles. The summed E-state index contributed by atoms with van der Waals surface area (Å²) in [7, 11) is 0. The van der Waals surface area contributed by atoms with Crippen molar-refractivity contribution in [2.45, 2.75) is 57.6 Å². The van der Waals surface area contributed by atoms with Crippen LogP contribution in [-0.4, -0.2) is 12.1 Å². The highest BCUT2D eigenvalue weighted by Crippen LogP contribution is 2.23. The van der Waals surface area contributed by atoms with Crippen LogP contribution in [-0.2, 0) is 6.42 Å². The van der Waals surface area contributed by atoms with E-state index in [1.54, 1.807) is 0 Å². The van der Waals surface area contributed by atoms with Crippen molar-refractivity contribution in [3.05, 3.63) is 29.8 Å². The van der Waals surface area contributed by atoms with E-state index in [1.165, 1.54) is 12.0 Å². The Balaban J connectivity index is 1.86. The first kappa shape index (κ1) is 12.4. The van der Waals surface area contributed by atoms with Crippen LogP contribution in [0.15, 0.2) is 24.3 Å². The summed E-state index contributed by atoms with van der Waals surface area (Å²) in [5.41, 5.74) is 7.28. The van der Waals surface area contributed by atoms with Crippen molar-refractivity contribution in [1.82, 2.24) is 0 Å². The third-order valence-electron chi connectivity index (χ3n) is 3.48. The fourth-order valence-corrected chi connectivity index (χ4v) is 2.42. The largest absolute Gasteiger partial charge is 0.490 e. The highest BCUT2D eigenvalue weighted by atomic mass is 16.5. The van der Waals surface area contributed by atoms with E-state index in [0.717, 1.165) is 37.9 Å². The molecule has 94 valence electrons. The maximum atomic E-state index is 5.98. The Kier molecular flexibility index (Phi) is 4.43. The highest BCUT2D eigenvalue weighted by Gasteiger charge is 2.19. The molecule has 0 aromatic heterocycles. The standard InChI is InChI=1S/C15H23NO/c1-2-3-12-4-8-14(9-5-12)17-15-10-6-13(16)7-11-15/h4-5,8-9,13,15H,2-3,6-7,10-11,16H2,1H3. The van der Waals surface area contributed by atoms with Gasteiger partial charge in [-0.3, -0.25) is 0 Å². The van der Waals surface area contributed by atoms with Gasteiger partial charge in [0.2, 0.25) is 0 Å². The van der Waals surface area contributed by atoms with Crippen molar-refractivity contribution in [2.24, 2.45) is 5.73 Å². The van der Waals surface area contributed by atoms with Gasteiger partial charge in [-0.15, -0.1) is 0 Å². The molecule has 0 amide bonds. The minimum Gasteiger partial charge on any atom is -0.490 e. The van der Waals surface area contributed by atoms with Crippen LogP contribution < -0.4 is 10.5 Å². The molecular formula is C15H23NO. The fourth-order valence-electron chi connectivity index (χ4n) is 2.42. The van der Waals surface area contributed by atoms with Crippen molar-refractivity contribution in [3.8, 4) is 5.75 Å². The lowest BCUT2D eigenvalue weighted by atomic mass is 9.94. The van der Waals surface area contributed by atoms with Gasteiger partial charge in [0.25, 0.3) is 0 Å². The second kappa shape index (κ2) is 6.06. The van der Waals surface area contributed by atoms with Gasteiger partial charge >= 0.3 is 0 Å². The molecule has 0 spiro atoms. The molecule has 0 bridgehead atoms. The Labute approximate surface area is 104 Å². The summed E-state index contributed by atoms with van der Waals surface area (Å²) in [4.78, 5) is 0. The molecule has 0 saturated heterocycles. The van der Waals surface area contributed by atoms with Crippen LogP contribution in [0.4, 0.5) is 0 Å². The van der Waals surface area contributed by atoms with Gasteiger partial charge < -0.3 is 10.5 Å². The maximum absolute atomic E-state index is 5.98. The van der Waals surface area contributed by atoms with Gasteiger partial charge in [0, 0.05) is 6.04 Å². The van der Waals surface area contributed by atoms with Gasteiger partial charge in [-0.1, -0.05) is 25.5 Å². The van der Waals surface area contributed by atoms with Gasteiger partial charge in [-0.25, -0.2) is 0 Å². The Hall–Kier alpha value is -1.02. The Bertz CT molecular complexity index is 325. The summed E-state index contributed by atoms with van der Waals surface area (Å²) in [6.07, 6.45) is 7.10. The van der Waals surface area contributed by atoms with Crippen molar-refractivity contribution in [3.63, 3.8) is 0 Å². The number of aryl methyl sites for hydroxylation is 1. The lowest BCUT2D eigenvalue weighted by Gasteiger charge is -2.26. The third-order valence-corrected chi connectivity index (χ3v) is 3.48. The van der Waals surface area contributed by atoms with E-state index in [4.69, 9.17) is 10.5 Å². The molecule has 0 unspecified atom stereocenters. The highest BCUT2D eigenvalue weighted by molar-refractivity contribution is 5.27. The summed E-state index contributed by atoms with van der Waals surface area (Å²) < 4.78 is 5.98. The van der Waals surface area contributed by atoms with Crippen molar-refractivity contribution in [2.75, 3.05) is 0 Å². The second-order valence-electron chi connectivity index (χ2n) is 5.05. The number of hydrogen-bond donors (Lipinski definition) is 1. The predicted octanol–water partition coefficient (Wildman–Crippen LogP) is 3.29. The summed E-state index contributed by atoms with van der Waals surface area (Å²) in [6, 6.07) is 8.93. The van der Waals surface area contributed by atoms with E-state index in [2.05, 4.69) is 31.2 Å². The van der Waals surface area contributed by atoms with E-state index >= 15 is 0 Å². The Morgan fingerprint density at radius 3 is 2.35 bits per heavy atom. The number of rotatable bonds is 4. The molecule has 2 rings (SSSR count). The molecule has 2 nitrogen and oxygen atoms in total. The maximum Gasteiger partial charge on any atom is 0.119 e. The molecule has 1 aromatic carbocycles. The Morgan fingerprint density at radius 1 is 1.12 bits per heavy atom. The lowest BCUT2D eigenvalue weighted by molar-refractivity contribution is 0.147. The third kappa shape index (κ3) is 3.74. The normalized spacial score (nSPS) is 24.6. The van der Waals surface area contributed by atoms with Crippen LogP contribution in [0.5, 0.6) is 5.75 Å². The molecule has 0 heterocycles. The molecule has 0 atom stereocenters. The monoisotopic (exact) mass is 233 g/mol. The first-order valence-corrected chi connectivity index (χ1v) is 6.79. The van der Waals surface area contributed by atoms with Gasteiger partial charge in [-0.2, -0.15) is 0 Å². The molecular weight excluding hydrogens is 210 g/mol. The molecule has 1 aromatic rings. The number of benzene rings is 1. The van der Waals surface area contributed by atoms with Crippen molar-refractivity contribution >= 4 is 0 Å². The van der Waals surface area contributed by atoms with Gasteiger partial charge in [-0.05, 0) is 49.8 Å². The average molecular weight is 233 g/mol. The van der Waals surface area contributed by atoms with Crippen LogP contribution in [0.2, 0.25) is 0 Å². The molecule has 0 aliphatic heterocycles. The predicted molar refractivity (Wildman–Crippen MR) is 71.3 cm³/mol. The van der Waals surface area contributed by atoms with Crippen molar-refractivity contribution < 1.29 is 4.74 Å². The van der Waals surface area contributed by atoms with E-state index in [0.29, 0.717) is 12.1 Å². The lowest BCUT2D eigenvalue weighted by Crippen LogP contribution is -2.31. The van der Waals surface area contributed by atoms with Gasteiger partial charge in [0.05, 0.1) is 6.10 Å². The van der Waals surface area contributed by atoms with Gasteiger partial charge in [0.1, 0.15) is 5.75 Å². The Morgan fingerprint density at radius 2 is 1.76 bits per heavy atom. The molecule has 1 aliphatic rings. The number of nitrogens with two attached hydrogens (primary N) is 1. The summed E-state index contributed by atoms with van der Waals surface area (Å²) in [5, 5.41) is 0. The minimum atomic E-state index is 0.367. The van der Waals surface area contributed by atoms with E-state index in [-0.39, 0.29) is 0 Å². The number of ether oxygens (including phenoxy) is 1. The van der Waals surface area contributed by atoms with E-state index in [1.807, 2.05) is 0 Å². The zero-order chi connectivity index (χ0) is 12.1. The second-order valence-corrected chi connectivity index (χ2v) is 5.05. The molecule has 1 fully saturated rings. The first-order chi connectivity index (χ1) is 8.28. The summed E-state index contributed by atoms with van der Waals surface area (Å²) >= 11 is 0. The molecule has 2 heteroatoms. The first-order valence-electron chi connectivity index (χ1n) is 6.79. The molecule has 17 heavy (non-hydrogen) atoms. The number of hydrogen-bond acceptors (Lipinski definition) is 2. The molecule has 1 saturated carbocycles. The van der Waals surface area contributed by atoms with Crippen LogP contribution in [0, 0.1) is 0 Å². The zero-order valence-corrected chi connectivity index (χ0v) is 10.7. The van der Waals surface area contributed by atoms with Crippen LogP contribution >= 0.6 is 0 Å². The van der Waals surface area contributed by atoms with Crippen molar-refractivity contribution in [1.29, 1.82) is 0 Å². The fraction of sp³-hybridized carbons (Fsp3) is 0.600. The average Bonchev–Trinajstić information content (AvgIpc) is 2.35. The molecule has 0 radical (unpaired) electrons. The van der Waals surface area contributed by atoms with E-state index < -0.39 is 0 Å². The summed E-state index contributed by atoms with van der Waals surface area (Å²) in [5.74, 6) is 1.00.